The van der Waals surface area contributed by atoms with Crippen LogP contribution in [-0.2, 0) is 9.59 Å². The van der Waals surface area contributed by atoms with Crippen molar-refractivity contribution in [1.29, 1.82) is 0 Å². The molecular weight excluding hydrogens is 440 g/mol. The van der Waals surface area contributed by atoms with Gasteiger partial charge in [0, 0.05) is 31.5 Å². The molecule has 1 aromatic carbocycles. The lowest BCUT2D eigenvalue weighted by atomic mass is 9.88. The second kappa shape index (κ2) is 10.8. The number of amides is 2. The highest BCUT2D eigenvalue weighted by atomic mass is 16.3. The minimum Gasteiger partial charge on any atom is -0.467 e. The van der Waals surface area contributed by atoms with Gasteiger partial charge < -0.3 is 9.73 Å². The Balaban J connectivity index is 1.18. The smallest absolute Gasteiger partial charge is 0.257 e. The number of carbonyl (C=O) groups excluding carboxylic acids is 2. The number of hydrogen-bond donors (Lipinski definition) is 1. The quantitative estimate of drug-likeness (QED) is 0.669. The van der Waals surface area contributed by atoms with Crippen molar-refractivity contribution in [3.8, 4) is 0 Å². The molecular formula is C28H36N4O3. The third-order valence-corrected chi connectivity index (χ3v) is 7.69. The number of hydrogen-bond acceptors (Lipinski definition) is 5. The van der Waals surface area contributed by atoms with Gasteiger partial charge in [-0.05, 0) is 50.3 Å². The van der Waals surface area contributed by atoms with E-state index in [1.807, 2.05) is 12.1 Å². The highest BCUT2D eigenvalue weighted by Gasteiger charge is 2.36. The van der Waals surface area contributed by atoms with Crippen molar-refractivity contribution in [3.63, 3.8) is 0 Å². The normalized spacial score (nSPS) is 22.3. The standard InChI is InChI=1S/C28H36N4O3/c1-20-9-11-21(12-10-20)24-18-25(26-8-5-17-35-26)32(30-24)27(33)19-31-15-13-23(14-16-31)29-28(34)22-6-3-2-4-7-22/h5,8-12,17,22-23,25H,2-4,6-7,13-16,18-19H2,1H3,(H,29,34). The van der Waals surface area contributed by atoms with Crippen LogP contribution in [0.4, 0.5) is 0 Å². The predicted octanol–water partition coefficient (Wildman–Crippen LogP) is 4.43. The Morgan fingerprint density at radius 3 is 2.46 bits per heavy atom. The molecule has 1 saturated carbocycles. The maximum absolute atomic E-state index is 13.4. The third kappa shape index (κ3) is 5.67. The van der Waals surface area contributed by atoms with E-state index in [1.54, 1.807) is 11.3 Å². The lowest BCUT2D eigenvalue weighted by molar-refractivity contribution is -0.135. The van der Waals surface area contributed by atoms with Crippen LogP contribution in [0.25, 0.3) is 0 Å². The van der Waals surface area contributed by atoms with Gasteiger partial charge in [-0.15, -0.1) is 0 Å². The molecule has 7 heteroatoms. The van der Waals surface area contributed by atoms with Crippen molar-refractivity contribution in [2.75, 3.05) is 19.6 Å². The number of nitrogens with one attached hydrogen (secondary N) is 1. The molecule has 35 heavy (non-hydrogen) atoms. The van der Waals surface area contributed by atoms with E-state index in [0.29, 0.717) is 13.0 Å². The van der Waals surface area contributed by atoms with Gasteiger partial charge in [-0.1, -0.05) is 49.1 Å². The molecule has 1 aliphatic carbocycles. The average Bonchev–Trinajstić information content (AvgIpc) is 3.57. The van der Waals surface area contributed by atoms with Gasteiger partial charge in [0.1, 0.15) is 11.8 Å². The first-order valence-corrected chi connectivity index (χ1v) is 13.1. The molecule has 1 saturated heterocycles. The fraction of sp³-hybridized carbons (Fsp3) is 0.536. The Kier molecular flexibility index (Phi) is 7.32. The molecule has 3 heterocycles. The fourth-order valence-corrected chi connectivity index (χ4v) is 5.55. The summed E-state index contributed by atoms with van der Waals surface area (Å²) in [7, 11) is 0. The van der Waals surface area contributed by atoms with Gasteiger partial charge in [0.2, 0.25) is 5.91 Å². The van der Waals surface area contributed by atoms with Crippen LogP contribution in [0.15, 0.2) is 52.2 Å². The van der Waals surface area contributed by atoms with Gasteiger partial charge in [-0.2, -0.15) is 5.10 Å². The highest BCUT2D eigenvalue weighted by molar-refractivity contribution is 6.03. The van der Waals surface area contributed by atoms with Gasteiger partial charge in [0.15, 0.2) is 0 Å². The number of carbonyl (C=O) groups is 2. The maximum Gasteiger partial charge on any atom is 0.257 e. The highest BCUT2D eigenvalue weighted by Crippen LogP contribution is 2.33. The largest absolute Gasteiger partial charge is 0.467 e. The maximum atomic E-state index is 13.4. The number of aryl methyl sites for hydroxylation is 1. The zero-order valence-corrected chi connectivity index (χ0v) is 20.6. The molecule has 2 fully saturated rings. The molecule has 3 aliphatic rings. The molecule has 1 atom stereocenters. The Bertz CT molecular complexity index is 1030. The Labute approximate surface area is 207 Å². The first kappa shape index (κ1) is 23.8. The summed E-state index contributed by atoms with van der Waals surface area (Å²) in [6.45, 7) is 3.99. The first-order chi connectivity index (χ1) is 17.1. The Morgan fingerprint density at radius 1 is 1.03 bits per heavy atom. The molecule has 1 N–H and O–H groups in total. The van der Waals surface area contributed by atoms with Gasteiger partial charge in [-0.3, -0.25) is 14.5 Å². The van der Waals surface area contributed by atoms with E-state index in [2.05, 4.69) is 41.4 Å². The summed E-state index contributed by atoms with van der Waals surface area (Å²) in [5.41, 5.74) is 3.14. The predicted molar refractivity (Wildman–Crippen MR) is 135 cm³/mol. The van der Waals surface area contributed by atoms with Crippen LogP contribution in [-0.4, -0.2) is 53.1 Å². The van der Waals surface area contributed by atoms with Crippen molar-refractivity contribution in [2.45, 2.75) is 70.4 Å². The summed E-state index contributed by atoms with van der Waals surface area (Å²) in [5, 5.41) is 9.65. The first-order valence-electron chi connectivity index (χ1n) is 13.1. The van der Waals surface area contributed by atoms with Crippen molar-refractivity contribution in [2.24, 2.45) is 11.0 Å². The zero-order valence-electron chi connectivity index (χ0n) is 20.6. The van der Waals surface area contributed by atoms with E-state index in [-0.39, 0.29) is 29.8 Å². The second-order valence-corrected chi connectivity index (χ2v) is 10.3. The topological polar surface area (TPSA) is 78.2 Å². The van der Waals surface area contributed by atoms with E-state index in [9.17, 15) is 9.59 Å². The molecule has 0 radical (unpaired) electrons. The van der Waals surface area contributed by atoms with Gasteiger partial charge in [-0.25, -0.2) is 5.01 Å². The molecule has 2 amide bonds. The second-order valence-electron chi connectivity index (χ2n) is 10.3. The number of piperidine rings is 1. The van der Waals surface area contributed by atoms with Crippen molar-refractivity contribution >= 4 is 17.5 Å². The molecule has 2 aliphatic heterocycles. The summed E-state index contributed by atoms with van der Waals surface area (Å²) >= 11 is 0. The van der Waals surface area contributed by atoms with Crippen LogP contribution in [0.3, 0.4) is 0 Å². The van der Waals surface area contributed by atoms with E-state index in [1.165, 1.54) is 24.8 Å². The van der Waals surface area contributed by atoms with Crippen LogP contribution in [0.1, 0.15) is 74.3 Å². The summed E-state index contributed by atoms with van der Waals surface area (Å²) < 4.78 is 5.67. The molecule has 2 aromatic rings. The Hall–Kier alpha value is -2.93. The fourth-order valence-electron chi connectivity index (χ4n) is 5.55. The monoisotopic (exact) mass is 476 g/mol. The van der Waals surface area contributed by atoms with Crippen LogP contribution in [0.2, 0.25) is 0 Å². The van der Waals surface area contributed by atoms with E-state index in [0.717, 1.165) is 55.8 Å². The third-order valence-electron chi connectivity index (χ3n) is 7.69. The minimum atomic E-state index is -0.221. The van der Waals surface area contributed by atoms with Crippen molar-refractivity contribution in [3.05, 3.63) is 59.5 Å². The molecule has 0 spiro atoms. The number of likely N-dealkylation sites (tertiary alicyclic amines) is 1. The lowest BCUT2D eigenvalue weighted by Crippen LogP contribution is -2.48. The molecule has 0 bridgehead atoms. The van der Waals surface area contributed by atoms with Gasteiger partial charge in [0.25, 0.3) is 5.91 Å². The molecule has 5 rings (SSSR count). The Morgan fingerprint density at radius 2 is 1.77 bits per heavy atom. The summed E-state index contributed by atoms with van der Waals surface area (Å²) in [4.78, 5) is 28.2. The number of benzene rings is 1. The van der Waals surface area contributed by atoms with Crippen molar-refractivity contribution in [1.82, 2.24) is 15.2 Å². The number of hydrazone groups is 1. The van der Waals surface area contributed by atoms with Gasteiger partial charge >= 0.3 is 0 Å². The molecule has 1 aromatic heterocycles. The number of nitrogens with zero attached hydrogens (tertiary/aromatic N) is 3. The summed E-state index contributed by atoms with van der Waals surface area (Å²) in [6.07, 6.45) is 9.69. The van der Waals surface area contributed by atoms with Crippen LogP contribution in [0, 0.1) is 12.8 Å². The van der Waals surface area contributed by atoms with Gasteiger partial charge in [0.05, 0.1) is 18.5 Å². The number of furan rings is 1. The van der Waals surface area contributed by atoms with Crippen LogP contribution < -0.4 is 5.32 Å². The SMILES string of the molecule is Cc1ccc(C2=NN(C(=O)CN3CCC(NC(=O)C4CCCCC4)CC3)C(c3ccco3)C2)cc1. The lowest BCUT2D eigenvalue weighted by Gasteiger charge is -2.34. The number of rotatable bonds is 6. The zero-order chi connectivity index (χ0) is 24.2. The molecule has 186 valence electrons. The van der Waals surface area contributed by atoms with Crippen LogP contribution >= 0.6 is 0 Å². The van der Waals surface area contributed by atoms with E-state index >= 15 is 0 Å². The summed E-state index contributed by atoms with van der Waals surface area (Å²) in [6, 6.07) is 12.0. The minimum absolute atomic E-state index is 0.0156. The van der Waals surface area contributed by atoms with Crippen molar-refractivity contribution < 1.29 is 14.0 Å². The summed E-state index contributed by atoms with van der Waals surface area (Å²) in [5.74, 6) is 1.17. The van der Waals surface area contributed by atoms with Crippen LogP contribution in [0.5, 0.6) is 0 Å². The molecule has 1 unspecified atom stereocenters. The molecule has 7 nitrogen and oxygen atoms in total. The van der Waals surface area contributed by atoms with E-state index < -0.39 is 0 Å². The van der Waals surface area contributed by atoms with E-state index in [4.69, 9.17) is 9.52 Å². The average molecular weight is 477 g/mol.